The van der Waals surface area contributed by atoms with Gasteiger partial charge in [0.15, 0.2) is 0 Å². The molecule has 1 N–H and O–H groups in total. The molecule has 0 spiro atoms. The van der Waals surface area contributed by atoms with Gasteiger partial charge in [0.2, 0.25) is 0 Å². The van der Waals surface area contributed by atoms with E-state index in [1.165, 1.54) is 0 Å². The van der Waals surface area contributed by atoms with Gasteiger partial charge in [0, 0.05) is 0 Å². The standard InChI is InChI=1S/C25H22ClNO3/c1-17(2)25(24(28)29,15-18-8-6-7-9-19(18)16-27)20-12-13-22(26)23(14-20)30-21-10-4-3-5-11-21/h3-14,17H,15H2,1-2H3,(H,28,29). The second kappa shape index (κ2) is 9.02. The Bertz CT molecular complexity index is 1090. The molecule has 1 unspecified atom stereocenters. The van der Waals surface area contributed by atoms with Crippen LogP contribution in [0.2, 0.25) is 5.02 Å². The number of aliphatic carboxylic acids is 1. The van der Waals surface area contributed by atoms with Crippen LogP contribution in [0.3, 0.4) is 0 Å². The smallest absolute Gasteiger partial charge is 0.314 e. The van der Waals surface area contributed by atoms with E-state index in [2.05, 4.69) is 6.07 Å². The molecular weight excluding hydrogens is 398 g/mol. The van der Waals surface area contributed by atoms with Crippen molar-refractivity contribution in [3.8, 4) is 17.6 Å². The molecule has 0 fully saturated rings. The Labute approximate surface area is 181 Å². The fourth-order valence-corrected chi connectivity index (χ4v) is 3.80. The quantitative estimate of drug-likeness (QED) is 0.493. The van der Waals surface area contributed by atoms with Crippen molar-refractivity contribution < 1.29 is 14.6 Å². The summed E-state index contributed by atoms with van der Waals surface area (Å²) in [6.07, 6.45) is 0.177. The summed E-state index contributed by atoms with van der Waals surface area (Å²) in [7, 11) is 0. The first-order valence-electron chi connectivity index (χ1n) is 9.63. The average Bonchev–Trinajstić information content (AvgIpc) is 2.74. The van der Waals surface area contributed by atoms with Crippen LogP contribution in [-0.4, -0.2) is 11.1 Å². The molecule has 0 aliphatic carbocycles. The second-order valence-electron chi connectivity index (χ2n) is 7.44. The van der Waals surface area contributed by atoms with E-state index in [9.17, 15) is 15.2 Å². The Kier molecular flexibility index (Phi) is 6.44. The first kappa shape index (κ1) is 21.4. The summed E-state index contributed by atoms with van der Waals surface area (Å²) in [5.41, 5.74) is 0.481. The van der Waals surface area contributed by atoms with Crippen molar-refractivity contribution in [2.24, 2.45) is 5.92 Å². The summed E-state index contributed by atoms with van der Waals surface area (Å²) in [5.74, 6) is -0.220. The van der Waals surface area contributed by atoms with Gasteiger partial charge < -0.3 is 9.84 Å². The van der Waals surface area contributed by atoms with Crippen LogP contribution in [0.1, 0.15) is 30.5 Å². The largest absolute Gasteiger partial charge is 0.481 e. The fraction of sp³-hybridized carbons (Fsp3) is 0.200. The van der Waals surface area contributed by atoms with Crippen LogP contribution in [0.4, 0.5) is 0 Å². The molecule has 0 amide bonds. The van der Waals surface area contributed by atoms with Crippen LogP contribution in [0.5, 0.6) is 11.5 Å². The Hall–Kier alpha value is -3.29. The number of rotatable bonds is 7. The minimum absolute atomic E-state index is 0.177. The third kappa shape index (κ3) is 4.17. The maximum absolute atomic E-state index is 12.7. The van der Waals surface area contributed by atoms with Crippen molar-refractivity contribution in [3.63, 3.8) is 0 Å². The Morgan fingerprint density at radius 1 is 1.10 bits per heavy atom. The summed E-state index contributed by atoms with van der Waals surface area (Å²) in [6.45, 7) is 3.74. The predicted octanol–water partition coefficient (Wildman–Crippen LogP) is 6.23. The van der Waals surface area contributed by atoms with Crippen molar-refractivity contribution in [2.45, 2.75) is 25.7 Å². The molecule has 0 saturated carbocycles. The van der Waals surface area contributed by atoms with Gasteiger partial charge in [0.25, 0.3) is 0 Å². The lowest BCUT2D eigenvalue weighted by Crippen LogP contribution is -2.43. The third-order valence-electron chi connectivity index (χ3n) is 5.39. The van der Waals surface area contributed by atoms with Crippen LogP contribution in [0.15, 0.2) is 72.8 Å². The number of carbonyl (C=O) groups is 1. The zero-order chi connectivity index (χ0) is 21.7. The number of hydrogen-bond donors (Lipinski definition) is 1. The molecule has 0 heterocycles. The topological polar surface area (TPSA) is 70.3 Å². The molecular formula is C25H22ClNO3. The van der Waals surface area contributed by atoms with Crippen molar-refractivity contribution in [2.75, 3.05) is 0 Å². The minimum Gasteiger partial charge on any atom is -0.481 e. The Morgan fingerprint density at radius 2 is 1.77 bits per heavy atom. The molecule has 0 aromatic heterocycles. The predicted molar refractivity (Wildman–Crippen MR) is 117 cm³/mol. The molecule has 152 valence electrons. The highest BCUT2D eigenvalue weighted by molar-refractivity contribution is 6.32. The van der Waals surface area contributed by atoms with Gasteiger partial charge in [0.1, 0.15) is 11.5 Å². The number of hydrogen-bond acceptors (Lipinski definition) is 3. The number of carboxylic acid groups (broad SMARTS) is 1. The monoisotopic (exact) mass is 419 g/mol. The number of carboxylic acids is 1. The van der Waals surface area contributed by atoms with Crippen LogP contribution in [0, 0.1) is 17.2 Å². The summed E-state index contributed by atoms with van der Waals surface area (Å²) in [6, 6.07) is 23.5. The molecule has 5 heteroatoms. The average molecular weight is 420 g/mol. The number of para-hydroxylation sites is 1. The van der Waals surface area contributed by atoms with E-state index < -0.39 is 11.4 Å². The lowest BCUT2D eigenvalue weighted by atomic mass is 9.67. The molecule has 0 saturated heterocycles. The van der Waals surface area contributed by atoms with E-state index in [4.69, 9.17) is 16.3 Å². The molecule has 30 heavy (non-hydrogen) atoms. The number of nitriles is 1. The van der Waals surface area contributed by atoms with Crippen molar-refractivity contribution in [1.29, 1.82) is 5.26 Å². The van der Waals surface area contributed by atoms with Gasteiger partial charge in [-0.25, -0.2) is 0 Å². The molecule has 4 nitrogen and oxygen atoms in total. The molecule has 0 bridgehead atoms. The van der Waals surface area contributed by atoms with Gasteiger partial charge in [-0.1, -0.05) is 67.9 Å². The highest BCUT2D eigenvalue weighted by Gasteiger charge is 2.44. The van der Waals surface area contributed by atoms with Crippen LogP contribution in [-0.2, 0) is 16.6 Å². The summed E-state index contributed by atoms with van der Waals surface area (Å²) in [5, 5.41) is 20.2. The fourth-order valence-electron chi connectivity index (χ4n) is 3.64. The number of halogens is 1. The van der Waals surface area contributed by atoms with E-state index in [1.54, 1.807) is 48.5 Å². The van der Waals surface area contributed by atoms with Gasteiger partial charge in [0.05, 0.1) is 22.1 Å². The van der Waals surface area contributed by atoms with Crippen molar-refractivity contribution >= 4 is 17.6 Å². The lowest BCUT2D eigenvalue weighted by molar-refractivity contribution is -0.145. The van der Waals surface area contributed by atoms with Gasteiger partial charge in [-0.05, 0) is 53.8 Å². The molecule has 3 rings (SSSR count). The van der Waals surface area contributed by atoms with Gasteiger partial charge >= 0.3 is 5.97 Å². The zero-order valence-electron chi connectivity index (χ0n) is 16.8. The van der Waals surface area contributed by atoms with E-state index in [1.807, 2.05) is 38.1 Å². The first-order chi connectivity index (χ1) is 14.4. The number of nitrogens with zero attached hydrogens (tertiary/aromatic N) is 1. The minimum atomic E-state index is -1.26. The maximum atomic E-state index is 12.7. The van der Waals surface area contributed by atoms with Gasteiger partial charge in [-0.3, -0.25) is 4.79 Å². The summed E-state index contributed by atoms with van der Waals surface area (Å²) in [4.78, 5) is 12.7. The Balaban J connectivity index is 2.12. The normalized spacial score (nSPS) is 12.8. The molecule has 0 aliphatic rings. The molecule has 1 atom stereocenters. The van der Waals surface area contributed by atoms with Crippen LogP contribution < -0.4 is 4.74 Å². The van der Waals surface area contributed by atoms with Gasteiger partial charge in [-0.2, -0.15) is 5.26 Å². The summed E-state index contributed by atoms with van der Waals surface area (Å²) >= 11 is 6.35. The highest BCUT2D eigenvalue weighted by atomic mass is 35.5. The van der Waals surface area contributed by atoms with Crippen LogP contribution >= 0.6 is 11.6 Å². The van der Waals surface area contributed by atoms with E-state index in [-0.39, 0.29) is 12.3 Å². The second-order valence-corrected chi connectivity index (χ2v) is 7.84. The lowest BCUT2D eigenvalue weighted by Gasteiger charge is -2.35. The zero-order valence-corrected chi connectivity index (χ0v) is 17.6. The van der Waals surface area contributed by atoms with E-state index in [0.29, 0.717) is 33.2 Å². The number of benzene rings is 3. The molecule has 3 aromatic carbocycles. The SMILES string of the molecule is CC(C)C(Cc1ccccc1C#N)(C(=O)O)c1ccc(Cl)c(Oc2ccccc2)c1. The van der Waals surface area contributed by atoms with E-state index >= 15 is 0 Å². The van der Waals surface area contributed by atoms with Crippen molar-refractivity contribution in [1.82, 2.24) is 0 Å². The molecule has 3 aromatic rings. The third-order valence-corrected chi connectivity index (χ3v) is 5.70. The van der Waals surface area contributed by atoms with E-state index in [0.717, 1.165) is 0 Å². The highest BCUT2D eigenvalue weighted by Crippen LogP contribution is 2.41. The van der Waals surface area contributed by atoms with Crippen molar-refractivity contribution in [3.05, 3.63) is 94.5 Å². The first-order valence-corrected chi connectivity index (χ1v) is 10.0. The summed E-state index contributed by atoms with van der Waals surface area (Å²) < 4.78 is 5.92. The molecule has 0 aliphatic heterocycles. The van der Waals surface area contributed by atoms with Gasteiger partial charge in [-0.15, -0.1) is 0 Å². The maximum Gasteiger partial charge on any atom is 0.314 e. The molecule has 0 radical (unpaired) electrons. The Morgan fingerprint density at radius 3 is 2.40 bits per heavy atom. The van der Waals surface area contributed by atoms with Crippen LogP contribution in [0.25, 0.3) is 0 Å². The number of ether oxygens (including phenoxy) is 1.